The Kier molecular flexibility index (Phi) is 11.4. The van der Waals surface area contributed by atoms with Crippen LogP contribution in [0.1, 0.15) is 150 Å². The average Bonchev–Trinajstić information content (AvgIpc) is 3.44. The van der Waals surface area contributed by atoms with E-state index < -0.39 is 23.4 Å². The van der Waals surface area contributed by atoms with Crippen molar-refractivity contribution >= 4 is 40.7 Å². The van der Waals surface area contributed by atoms with Crippen molar-refractivity contribution in [2.24, 2.45) is 58.2 Å². The molecule has 0 saturated heterocycles. The number of carbonyl (C=O) groups is 2. The number of aromatic carboxylic acids is 2. The molecule has 52 heavy (non-hydrogen) atoms. The summed E-state index contributed by atoms with van der Waals surface area (Å²) in [7, 11) is 0. The molecule has 8 heteroatoms. The summed E-state index contributed by atoms with van der Waals surface area (Å²) < 4.78 is 0. The highest BCUT2D eigenvalue weighted by Crippen LogP contribution is 2.69. The molecule has 2 aromatic rings. The largest absolute Gasteiger partial charge is 0.505 e. The summed E-state index contributed by atoms with van der Waals surface area (Å²) in [5, 5.41) is 40.1. The van der Waals surface area contributed by atoms with Gasteiger partial charge in [-0.05, 0) is 163 Å². The van der Waals surface area contributed by atoms with E-state index in [9.17, 15) is 30.0 Å². The van der Waals surface area contributed by atoms with Gasteiger partial charge in [-0.1, -0.05) is 83.2 Å². The molecule has 4 N–H and O–H groups in total. The van der Waals surface area contributed by atoms with Crippen LogP contribution < -0.4 is 0 Å². The van der Waals surface area contributed by atoms with Gasteiger partial charge in [-0.15, -0.1) is 0 Å². The standard InChI is InChI=1S/C44H58Cl2O6/c1-24(2)7-6-8-25(3)34-13-14-35-31-12-10-29-19-26(15-17-43(29,4)36(31)16-18-44(34,35)5)9-11-30(27-20-32(41(49)50)39(47)37(45)22-27)28-21-33(42(51)52)40(48)38(46)23-28/h11,20-26,29,31,34-36,47-48H,6-10,12-19H2,1-5H3,(H,49,50)(H,51,52)/t25?,26-,29?,31-,34?,35?,36?,43-,44+/m0/s1. The van der Waals surface area contributed by atoms with Crippen LogP contribution in [-0.4, -0.2) is 32.4 Å². The Labute approximate surface area is 320 Å². The van der Waals surface area contributed by atoms with Crippen molar-refractivity contribution in [2.75, 3.05) is 0 Å². The molecular weight excluding hydrogens is 695 g/mol. The molecule has 9 atom stereocenters. The number of allylic oxidation sites excluding steroid dienone is 1. The van der Waals surface area contributed by atoms with Gasteiger partial charge >= 0.3 is 11.9 Å². The molecule has 2 aromatic carbocycles. The monoisotopic (exact) mass is 752 g/mol. The van der Waals surface area contributed by atoms with Crippen LogP contribution in [0.2, 0.25) is 10.0 Å². The smallest absolute Gasteiger partial charge is 0.339 e. The molecule has 4 fully saturated rings. The minimum atomic E-state index is -1.33. The van der Waals surface area contributed by atoms with Crippen LogP contribution in [-0.2, 0) is 0 Å². The van der Waals surface area contributed by atoms with E-state index in [2.05, 4.69) is 34.6 Å². The molecule has 4 saturated carbocycles. The average molecular weight is 754 g/mol. The van der Waals surface area contributed by atoms with Crippen molar-refractivity contribution < 1.29 is 30.0 Å². The lowest BCUT2D eigenvalue weighted by atomic mass is 9.44. The Bertz CT molecular complexity index is 1640. The number of fused-ring (bicyclic) bond motifs is 5. The third kappa shape index (κ3) is 7.25. The van der Waals surface area contributed by atoms with Crippen LogP contribution in [0.3, 0.4) is 0 Å². The summed E-state index contributed by atoms with van der Waals surface area (Å²) in [4.78, 5) is 24.0. The highest BCUT2D eigenvalue weighted by atomic mass is 35.5. The number of halogens is 2. The summed E-state index contributed by atoms with van der Waals surface area (Å²) in [6.45, 7) is 12.5. The maximum Gasteiger partial charge on any atom is 0.339 e. The van der Waals surface area contributed by atoms with Crippen molar-refractivity contribution in [3.8, 4) is 11.5 Å². The van der Waals surface area contributed by atoms with Gasteiger partial charge < -0.3 is 20.4 Å². The van der Waals surface area contributed by atoms with Crippen molar-refractivity contribution in [2.45, 2.75) is 118 Å². The second-order valence-electron chi connectivity index (χ2n) is 18.0. The predicted molar refractivity (Wildman–Crippen MR) is 208 cm³/mol. The molecule has 6 nitrogen and oxygen atoms in total. The fourth-order valence-corrected chi connectivity index (χ4v) is 12.5. The molecular formula is C44H58Cl2O6. The van der Waals surface area contributed by atoms with Crippen LogP contribution >= 0.6 is 23.2 Å². The van der Waals surface area contributed by atoms with E-state index in [1.54, 1.807) is 0 Å². The summed E-state index contributed by atoms with van der Waals surface area (Å²) in [6.07, 6.45) is 18.4. The highest BCUT2D eigenvalue weighted by molar-refractivity contribution is 6.33. The van der Waals surface area contributed by atoms with Gasteiger partial charge in [0.1, 0.15) is 22.6 Å². The molecule has 0 aromatic heterocycles. The van der Waals surface area contributed by atoms with Crippen molar-refractivity contribution in [3.63, 3.8) is 0 Å². The molecule has 0 radical (unpaired) electrons. The number of carboxylic acids is 2. The topological polar surface area (TPSA) is 115 Å². The van der Waals surface area contributed by atoms with E-state index >= 15 is 0 Å². The zero-order chi connectivity index (χ0) is 37.7. The number of hydrogen-bond acceptors (Lipinski definition) is 4. The molecule has 0 heterocycles. The number of rotatable bonds is 11. The van der Waals surface area contributed by atoms with E-state index in [0.29, 0.717) is 39.4 Å². The number of carboxylic acid groups (broad SMARTS) is 2. The van der Waals surface area contributed by atoms with E-state index in [4.69, 9.17) is 23.2 Å². The molecule has 0 bridgehead atoms. The fourth-order valence-electron chi connectivity index (χ4n) is 12.1. The van der Waals surface area contributed by atoms with E-state index in [1.165, 1.54) is 88.5 Å². The normalized spacial score (nSPS) is 31.7. The maximum absolute atomic E-state index is 12.0. The van der Waals surface area contributed by atoms with Crippen LogP contribution in [0.5, 0.6) is 11.5 Å². The fraction of sp³-hybridized carbons (Fsp3) is 0.636. The van der Waals surface area contributed by atoms with E-state index in [1.807, 2.05) is 6.08 Å². The maximum atomic E-state index is 12.0. The molecule has 0 spiro atoms. The second-order valence-corrected chi connectivity index (χ2v) is 18.8. The second kappa shape index (κ2) is 15.2. The first-order valence-corrected chi connectivity index (χ1v) is 20.5. The molecule has 6 rings (SSSR count). The Morgan fingerprint density at radius 2 is 1.37 bits per heavy atom. The van der Waals surface area contributed by atoms with Gasteiger partial charge in [-0.3, -0.25) is 0 Å². The molecule has 0 aliphatic heterocycles. The molecule has 5 unspecified atom stereocenters. The SMILES string of the molecule is CC(C)CCCC(C)C1CCC2[C@@H]3CCC4C[C@@H](CC=C(c5cc(Cl)c(O)c(C(=O)O)c5)c5cc(Cl)c(O)c(C(=O)O)c5)CC[C@]4(C)C3CC[C@]12C. The van der Waals surface area contributed by atoms with Gasteiger partial charge in [0.15, 0.2) is 0 Å². The summed E-state index contributed by atoms with van der Waals surface area (Å²) in [5.74, 6) is 2.29. The summed E-state index contributed by atoms with van der Waals surface area (Å²) >= 11 is 12.6. The third-order valence-corrected chi connectivity index (χ3v) is 15.4. The Morgan fingerprint density at radius 1 is 0.788 bits per heavy atom. The van der Waals surface area contributed by atoms with Crippen LogP contribution in [0.15, 0.2) is 30.3 Å². The van der Waals surface area contributed by atoms with E-state index in [-0.39, 0.29) is 21.2 Å². The molecule has 284 valence electrons. The Morgan fingerprint density at radius 3 is 1.94 bits per heavy atom. The van der Waals surface area contributed by atoms with Crippen LogP contribution in [0.25, 0.3) is 5.57 Å². The van der Waals surface area contributed by atoms with Gasteiger partial charge in [0.05, 0.1) is 10.0 Å². The summed E-state index contributed by atoms with van der Waals surface area (Å²) in [5.41, 5.74) is 1.54. The van der Waals surface area contributed by atoms with E-state index in [0.717, 1.165) is 54.8 Å². The predicted octanol–water partition coefficient (Wildman–Crippen LogP) is 12.4. The lowest BCUT2D eigenvalue weighted by Crippen LogP contribution is -2.53. The Hall–Kier alpha value is -2.70. The Balaban J connectivity index is 1.22. The molecule has 4 aliphatic rings. The minimum absolute atomic E-state index is 0.118. The minimum Gasteiger partial charge on any atom is -0.505 e. The molecule has 4 aliphatic carbocycles. The first-order valence-electron chi connectivity index (χ1n) is 19.8. The van der Waals surface area contributed by atoms with Gasteiger partial charge in [0.25, 0.3) is 0 Å². The number of aromatic hydroxyl groups is 2. The zero-order valence-corrected chi connectivity index (χ0v) is 33.1. The van der Waals surface area contributed by atoms with Crippen molar-refractivity contribution in [3.05, 3.63) is 62.6 Å². The number of phenols is 2. The zero-order valence-electron chi connectivity index (χ0n) is 31.6. The van der Waals surface area contributed by atoms with Crippen molar-refractivity contribution in [1.29, 1.82) is 0 Å². The lowest BCUT2D eigenvalue weighted by Gasteiger charge is -2.61. The first-order chi connectivity index (χ1) is 24.5. The third-order valence-electron chi connectivity index (χ3n) is 14.8. The van der Waals surface area contributed by atoms with Gasteiger partial charge in [-0.25, -0.2) is 9.59 Å². The quantitative estimate of drug-likeness (QED) is 0.182. The van der Waals surface area contributed by atoms with Gasteiger partial charge in [0.2, 0.25) is 0 Å². The van der Waals surface area contributed by atoms with Crippen LogP contribution in [0, 0.1) is 58.2 Å². The van der Waals surface area contributed by atoms with Gasteiger partial charge in [-0.2, -0.15) is 0 Å². The van der Waals surface area contributed by atoms with Crippen LogP contribution in [0.4, 0.5) is 0 Å². The first kappa shape index (κ1) is 39.0. The molecule has 0 amide bonds. The lowest BCUT2D eigenvalue weighted by molar-refractivity contribution is -0.121. The van der Waals surface area contributed by atoms with Gasteiger partial charge in [0, 0.05) is 0 Å². The highest BCUT2D eigenvalue weighted by Gasteiger charge is 2.60. The number of benzene rings is 2. The van der Waals surface area contributed by atoms with Crippen molar-refractivity contribution in [1.82, 2.24) is 0 Å². The number of hydrogen-bond donors (Lipinski definition) is 4. The summed E-state index contributed by atoms with van der Waals surface area (Å²) in [6, 6.07) is 5.69.